The number of rotatable bonds is 9. The molecule has 0 radical (unpaired) electrons. The summed E-state index contributed by atoms with van der Waals surface area (Å²) in [6, 6.07) is -3.67. The predicted octanol–water partition coefficient (Wildman–Crippen LogP) is 1.38. The highest BCUT2D eigenvalue weighted by Gasteiger charge is 2.31. The highest BCUT2D eigenvalue weighted by molar-refractivity contribution is 5.93. The van der Waals surface area contributed by atoms with Crippen LogP contribution in [0.25, 0.3) is 0 Å². The normalized spacial score (nSPS) is 21.6. The van der Waals surface area contributed by atoms with Gasteiger partial charge in [0, 0.05) is 18.7 Å². The van der Waals surface area contributed by atoms with Gasteiger partial charge < -0.3 is 31.3 Å². The first-order valence-corrected chi connectivity index (χ1v) is 13.1. The quantitative estimate of drug-likeness (QED) is 0.288. The molecule has 11 heteroatoms. The van der Waals surface area contributed by atoms with Gasteiger partial charge in [0.2, 0.25) is 17.7 Å². The van der Waals surface area contributed by atoms with E-state index < -0.39 is 36.0 Å². The molecule has 0 aliphatic carbocycles. The van der Waals surface area contributed by atoms with Crippen molar-refractivity contribution in [3.8, 4) is 0 Å². The van der Waals surface area contributed by atoms with Crippen molar-refractivity contribution in [3.05, 3.63) is 12.2 Å². The fraction of sp³-hybridized carbons (Fsp3) is 0.731. The molecule has 1 heterocycles. The number of carbonyl (C=O) groups excluding carboxylic acids is 5. The van der Waals surface area contributed by atoms with Crippen molar-refractivity contribution in [2.75, 3.05) is 13.7 Å². The van der Waals surface area contributed by atoms with E-state index in [2.05, 4.69) is 26.6 Å². The summed E-state index contributed by atoms with van der Waals surface area (Å²) in [5.74, 6) is -1.87. The van der Waals surface area contributed by atoms with Gasteiger partial charge in [-0.2, -0.15) is 0 Å². The van der Waals surface area contributed by atoms with Gasteiger partial charge in [0.1, 0.15) is 18.1 Å². The average Bonchev–Trinajstić information content (AvgIpc) is 2.81. The number of esters is 1. The summed E-state index contributed by atoms with van der Waals surface area (Å²) in [4.78, 5) is 63.0. The number of ether oxygens (including phenoxy) is 1. The average molecular weight is 524 g/mol. The standard InChI is InChI=1S/C26H45N5O6/c1-15(2)14-18-11-12-20(32)27-13-9-8-10-19(23(33)28-18)29-24(34)21(16(3)4)30-26(36)31-22(17(5)6)25(35)37-7/h11-12,15-19,21-22H,8-10,13-14H2,1-7H3,(H,27,32)(H,28,33)(H,29,34)(H2,30,31,36)/b12-11+/t18-,19+,21?,22?/m1/s1. The Balaban J connectivity index is 2.99. The summed E-state index contributed by atoms with van der Waals surface area (Å²) in [6.07, 6.45) is 5.35. The number of urea groups is 1. The Morgan fingerprint density at radius 1 is 1.00 bits per heavy atom. The fourth-order valence-electron chi connectivity index (χ4n) is 3.94. The van der Waals surface area contributed by atoms with Gasteiger partial charge in [0.05, 0.1) is 7.11 Å². The smallest absolute Gasteiger partial charge is 0.328 e. The van der Waals surface area contributed by atoms with Crippen LogP contribution >= 0.6 is 0 Å². The largest absolute Gasteiger partial charge is 0.467 e. The fourth-order valence-corrected chi connectivity index (χ4v) is 3.94. The molecule has 0 saturated heterocycles. The van der Waals surface area contributed by atoms with Gasteiger partial charge in [-0.1, -0.05) is 47.6 Å². The second-order valence-electron chi connectivity index (χ2n) is 10.5. The van der Waals surface area contributed by atoms with Crippen molar-refractivity contribution in [1.82, 2.24) is 26.6 Å². The van der Waals surface area contributed by atoms with Crippen LogP contribution in [0.15, 0.2) is 12.2 Å². The van der Waals surface area contributed by atoms with Gasteiger partial charge in [0.15, 0.2) is 0 Å². The zero-order valence-electron chi connectivity index (χ0n) is 23.2. The Hall–Kier alpha value is -3.11. The second-order valence-corrected chi connectivity index (χ2v) is 10.5. The Bertz CT molecular complexity index is 826. The molecule has 210 valence electrons. The van der Waals surface area contributed by atoms with E-state index in [0.29, 0.717) is 32.2 Å². The first-order chi connectivity index (χ1) is 17.3. The van der Waals surface area contributed by atoms with E-state index in [0.717, 1.165) is 0 Å². The summed E-state index contributed by atoms with van der Waals surface area (Å²) >= 11 is 0. The number of hydrogen-bond donors (Lipinski definition) is 5. The molecular formula is C26H45N5O6. The molecule has 0 saturated carbocycles. The van der Waals surface area contributed by atoms with Crippen LogP contribution < -0.4 is 26.6 Å². The number of carbonyl (C=O) groups is 5. The van der Waals surface area contributed by atoms with Gasteiger partial charge in [-0.05, 0) is 43.4 Å². The van der Waals surface area contributed by atoms with E-state index in [1.165, 1.54) is 13.2 Å². The lowest BCUT2D eigenvalue weighted by molar-refractivity contribution is -0.144. The zero-order valence-corrected chi connectivity index (χ0v) is 23.2. The molecule has 11 nitrogen and oxygen atoms in total. The molecule has 5 N–H and O–H groups in total. The molecule has 1 rings (SSSR count). The second kappa shape index (κ2) is 15.9. The lowest BCUT2D eigenvalue weighted by atomic mass is 10.00. The summed E-state index contributed by atoms with van der Waals surface area (Å²) in [5, 5.41) is 13.8. The molecule has 0 bridgehead atoms. The Labute approximate surface area is 220 Å². The van der Waals surface area contributed by atoms with E-state index >= 15 is 0 Å². The molecule has 4 atom stereocenters. The molecule has 0 aromatic heterocycles. The molecule has 0 aromatic carbocycles. The Morgan fingerprint density at radius 2 is 1.62 bits per heavy atom. The molecule has 37 heavy (non-hydrogen) atoms. The molecule has 5 amide bonds. The third-order valence-corrected chi connectivity index (χ3v) is 6.03. The van der Waals surface area contributed by atoms with Gasteiger partial charge in [-0.3, -0.25) is 14.4 Å². The van der Waals surface area contributed by atoms with Crippen LogP contribution in [-0.2, 0) is 23.9 Å². The summed E-state index contributed by atoms with van der Waals surface area (Å²) in [6.45, 7) is 11.6. The molecule has 0 aromatic rings. The molecule has 1 aliphatic rings. The summed E-state index contributed by atoms with van der Waals surface area (Å²) in [7, 11) is 1.24. The minimum atomic E-state index is -0.940. The third-order valence-electron chi connectivity index (χ3n) is 6.03. The van der Waals surface area contributed by atoms with Crippen LogP contribution in [0.1, 0.15) is 67.2 Å². The van der Waals surface area contributed by atoms with Crippen molar-refractivity contribution >= 4 is 29.7 Å². The first-order valence-electron chi connectivity index (χ1n) is 13.1. The van der Waals surface area contributed by atoms with Crippen molar-refractivity contribution in [2.45, 2.75) is 91.4 Å². The summed E-state index contributed by atoms with van der Waals surface area (Å²) < 4.78 is 4.75. The highest BCUT2D eigenvalue weighted by Crippen LogP contribution is 2.11. The van der Waals surface area contributed by atoms with Gasteiger partial charge in [-0.25, -0.2) is 9.59 Å². The zero-order chi connectivity index (χ0) is 28.1. The number of hydrogen-bond acceptors (Lipinski definition) is 6. The van der Waals surface area contributed by atoms with Crippen LogP contribution in [0, 0.1) is 17.8 Å². The monoisotopic (exact) mass is 523 g/mol. The van der Waals surface area contributed by atoms with Gasteiger partial charge in [-0.15, -0.1) is 0 Å². The van der Waals surface area contributed by atoms with Gasteiger partial charge >= 0.3 is 12.0 Å². The number of nitrogens with one attached hydrogen (secondary N) is 5. The van der Waals surface area contributed by atoms with Crippen LogP contribution in [0.2, 0.25) is 0 Å². The third kappa shape index (κ3) is 11.7. The van der Waals surface area contributed by atoms with Crippen molar-refractivity contribution < 1.29 is 28.7 Å². The molecule has 2 unspecified atom stereocenters. The molecule has 1 aliphatic heterocycles. The molecule has 0 fully saturated rings. The predicted molar refractivity (Wildman–Crippen MR) is 140 cm³/mol. The van der Waals surface area contributed by atoms with Crippen molar-refractivity contribution in [2.24, 2.45) is 17.8 Å². The van der Waals surface area contributed by atoms with Crippen molar-refractivity contribution in [1.29, 1.82) is 0 Å². The van der Waals surface area contributed by atoms with Crippen LogP contribution in [-0.4, -0.2) is 67.5 Å². The Morgan fingerprint density at radius 3 is 2.19 bits per heavy atom. The number of methoxy groups -OCH3 is 1. The maximum atomic E-state index is 13.2. The highest BCUT2D eigenvalue weighted by atomic mass is 16.5. The van der Waals surface area contributed by atoms with E-state index in [9.17, 15) is 24.0 Å². The minimum Gasteiger partial charge on any atom is -0.467 e. The maximum Gasteiger partial charge on any atom is 0.328 e. The summed E-state index contributed by atoms with van der Waals surface area (Å²) in [5.41, 5.74) is 0. The van der Waals surface area contributed by atoms with E-state index in [1.807, 2.05) is 13.8 Å². The van der Waals surface area contributed by atoms with E-state index in [-0.39, 0.29) is 35.6 Å². The Kier molecular flexibility index (Phi) is 13.7. The SMILES string of the molecule is COC(=O)C(NC(=O)NC(C(=O)N[C@H]1CCCCNC(=O)/C=C/[C@H](CC(C)C)NC1=O)C(C)C)C(C)C. The van der Waals surface area contributed by atoms with Crippen LogP contribution in [0.3, 0.4) is 0 Å². The topological polar surface area (TPSA) is 155 Å². The lowest BCUT2D eigenvalue weighted by Crippen LogP contribution is -2.59. The van der Waals surface area contributed by atoms with E-state index in [4.69, 9.17) is 4.74 Å². The molecular weight excluding hydrogens is 478 g/mol. The minimum absolute atomic E-state index is 0.204. The van der Waals surface area contributed by atoms with Gasteiger partial charge in [0.25, 0.3) is 0 Å². The maximum absolute atomic E-state index is 13.2. The molecule has 0 spiro atoms. The van der Waals surface area contributed by atoms with Crippen LogP contribution in [0.5, 0.6) is 0 Å². The first kappa shape index (κ1) is 31.9. The van der Waals surface area contributed by atoms with Crippen LogP contribution in [0.4, 0.5) is 4.79 Å². The van der Waals surface area contributed by atoms with E-state index in [1.54, 1.807) is 33.8 Å². The lowest BCUT2D eigenvalue weighted by Gasteiger charge is -2.28. The van der Waals surface area contributed by atoms with Crippen molar-refractivity contribution in [3.63, 3.8) is 0 Å². The number of amides is 5.